The number of aryl methyl sites for hydroxylation is 1. The SMILES string of the molecule is CC(=O)NC1C(=O)N(CCCOc2ccc(C(C)(C)C)cc2)c2c(C)cccc21. The van der Waals surface area contributed by atoms with Crippen LogP contribution in [-0.4, -0.2) is 25.0 Å². The molecule has 0 aliphatic carbocycles. The second kappa shape index (κ2) is 8.27. The molecule has 1 aliphatic rings. The lowest BCUT2D eigenvalue weighted by Crippen LogP contribution is -2.37. The van der Waals surface area contributed by atoms with Crippen LogP contribution in [0.1, 0.15) is 56.8 Å². The van der Waals surface area contributed by atoms with Gasteiger partial charge in [0.2, 0.25) is 5.91 Å². The number of benzene rings is 2. The van der Waals surface area contributed by atoms with Crippen LogP contribution in [0.2, 0.25) is 0 Å². The van der Waals surface area contributed by atoms with Crippen LogP contribution in [0.3, 0.4) is 0 Å². The Kier molecular flexibility index (Phi) is 5.96. The van der Waals surface area contributed by atoms with E-state index in [1.54, 1.807) is 4.90 Å². The number of carbonyl (C=O) groups is 2. The molecular formula is C24H30N2O3. The van der Waals surface area contributed by atoms with Crippen molar-refractivity contribution in [2.24, 2.45) is 0 Å². The van der Waals surface area contributed by atoms with E-state index in [0.717, 1.165) is 22.6 Å². The Morgan fingerprint density at radius 1 is 1.14 bits per heavy atom. The van der Waals surface area contributed by atoms with Gasteiger partial charge in [0.05, 0.1) is 12.3 Å². The molecule has 1 aliphatic heterocycles. The number of hydrogen-bond acceptors (Lipinski definition) is 3. The Labute approximate surface area is 173 Å². The zero-order valence-corrected chi connectivity index (χ0v) is 17.9. The normalized spacial score (nSPS) is 16.0. The zero-order valence-electron chi connectivity index (χ0n) is 17.9. The molecule has 5 heteroatoms. The first-order valence-corrected chi connectivity index (χ1v) is 10.1. The summed E-state index contributed by atoms with van der Waals surface area (Å²) in [6.45, 7) is 11.0. The molecule has 3 rings (SSSR count). The summed E-state index contributed by atoms with van der Waals surface area (Å²) in [4.78, 5) is 26.2. The molecule has 0 radical (unpaired) electrons. The van der Waals surface area contributed by atoms with Crippen LogP contribution < -0.4 is 15.0 Å². The van der Waals surface area contributed by atoms with Crippen LogP contribution in [0.4, 0.5) is 5.69 Å². The monoisotopic (exact) mass is 394 g/mol. The largest absolute Gasteiger partial charge is 0.494 e. The van der Waals surface area contributed by atoms with E-state index >= 15 is 0 Å². The van der Waals surface area contributed by atoms with Gasteiger partial charge in [-0.25, -0.2) is 0 Å². The molecule has 2 aromatic rings. The van der Waals surface area contributed by atoms with Crippen molar-refractivity contribution in [3.8, 4) is 5.75 Å². The van der Waals surface area contributed by atoms with Gasteiger partial charge in [-0.1, -0.05) is 51.1 Å². The third kappa shape index (κ3) is 4.61. The van der Waals surface area contributed by atoms with Gasteiger partial charge in [-0.3, -0.25) is 9.59 Å². The summed E-state index contributed by atoms with van der Waals surface area (Å²) in [5.41, 5.74) is 4.19. The Hall–Kier alpha value is -2.82. The number of nitrogens with one attached hydrogen (secondary N) is 1. The molecule has 1 atom stereocenters. The van der Waals surface area contributed by atoms with E-state index in [-0.39, 0.29) is 17.2 Å². The fourth-order valence-electron chi connectivity index (χ4n) is 3.71. The van der Waals surface area contributed by atoms with Crippen molar-refractivity contribution in [1.82, 2.24) is 5.32 Å². The molecule has 0 saturated heterocycles. The van der Waals surface area contributed by atoms with Crippen molar-refractivity contribution in [2.75, 3.05) is 18.1 Å². The molecular weight excluding hydrogens is 364 g/mol. The Bertz CT molecular complexity index is 897. The summed E-state index contributed by atoms with van der Waals surface area (Å²) >= 11 is 0. The van der Waals surface area contributed by atoms with Crippen LogP contribution in [0.25, 0.3) is 0 Å². The smallest absolute Gasteiger partial charge is 0.254 e. The number of amides is 2. The molecule has 1 unspecified atom stereocenters. The molecule has 0 bridgehead atoms. The summed E-state index contributed by atoms with van der Waals surface area (Å²) in [5, 5.41) is 2.78. The number of para-hydroxylation sites is 1. The van der Waals surface area contributed by atoms with E-state index in [2.05, 4.69) is 38.2 Å². The number of anilines is 1. The van der Waals surface area contributed by atoms with Crippen LogP contribution in [0.5, 0.6) is 5.75 Å². The number of hydrogen-bond donors (Lipinski definition) is 1. The van der Waals surface area contributed by atoms with Crippen molar-refractivity contribution in [3.63, 3.8) is 0 Å². The molecule has 29 heavy (non-hydrogen) atoms. The number of carbonyl (C=O) groups excluding carboxylic acids is 2. The van der Waals surface area contributed by atoms with Gasteiger partial charge in [-0.2, -0.15) is 0 Å². The first kappa shape index (κ1) is 20.9. The minimum Gasteiger partial charge on any atom is -0.494 e. The number of fused-ring (bicyclic) bond motifs is 1. The van der Waals surface area contributed by atoms with E-state index in [0.29, 0.717) is 19.6 Å². The fraction of sp³-hybridized carbons (Fsp3) is 0.417. The van der Waals surface area contributed by atoms with Gasteiger partial charge in [-0.15, -0.1) is 0 Å². The number of nitrogens with zero attached hydrogens (tertiary/aromatic N) is 1. The highest BCUT2D eigenvalue weighted by atomic mass is 16.5. The van der Waals surface area contributed by atoms with E-state index in [4.69, 9.17) is 4.74 Å². The average Bonchev–Trinajstić information content (AvgIpc) is 2.91. The predicted octanol–water partition coefficient (Wildman–Crippen LogP) is 4.29. The molecule has 154 valence electrons. The number of ether oxygens (including phenoxy) is 1. The molecule has 2 aromatic carbocycles. The van der Waals surface area contributed by atoms with E-state index in [1.807, 2.05) is 37.3 Å². The van der Waals surface area contributed by atoms with Crippen LogP contribution in [-0.2, 0) is 15.0 Å². The Morgan fingerprint density at radius 3 is 2.45 bits per heavy atom. The standard InChI is InChI=1S/C24H30N2O3/c1-16-8-6-9-20-21(25-17(2)27)23(28)26(22(16)20)14-7-15-29-19-12-10-18(11-13-19)24(3,4)5/h6,8-13,21H,7,14-15H2,1-5H3,(H,25,27). The highest BCUT2D eigenvalue weighted by molar-refractivity contribution is 6.06. The van der Waals surface area contributed by atoms with E-state index in [9.17, 15) is 9.59 Å². The van der Waals surface area contributed by atoms with Crippen molar-refractivity contribution in [3.05, 3.63) is 59.2 Å². The maximum absolute atomic E-state index is 12.9. The van der Waals surface area contributed by atoms with Crippen molar-refractivity contribution < 1.29 is 14.3 Å². The first-order chi connectivity index (χ1) is 13.7. The van der Waals surface area contributed by atoms with Gasteiger partial charge in [0.1, 0.15) is 11.8 Å². The highest BCUT2D eigenvalue weighted by Gasteiger charge is 2.38. The predicted molar refractivity (Wildman–Crippen MR) is 115 cm³/mol. The van der Waals surface area contributed by atoms with Gasteiger partial charge in [-0.05, 0) is 42.0 Å². The molecule has 1 heterocycles. The number of rotatable bonds is 6. The second-order valence-corrected chi connectivity index (χ2v) is 8.61. The van der Waals surface area contributed by atoms with Crippen LogP contribution >= 0.6 is 0 Å². The summed E-state index contributed by atoms with van der Waals surface area (Å²) in [6, 6.07) is 13.4. The quantitative estimate of drug-likeness (QED) is 0.744. The highest BCUT2D eigenvalue weighted by Crippen LogP contribution is 2.38. The van der Waals surface area contributed by atoms with Gasteiger partial charge in [0.25, 0.3) is 5.91 Å². The maximum Gasteiger partial charge on any atom is 0.254 e. The summed E-state index contributed by atoms with van der Waals surface area (Å²) < 4.78 is 5.87. The van der Waals surface area contributed by atoms with Gasteiger partial charge >= 0.3 is 0 Å². The van der Waals surface area contributed by atoms with Crippen LogP contribution in [0.15, 0.2) is 42.5 Å². The van der Waals surface area contributed by atoms with Crippen molar-refractivity contribution >= 4 is 17.5 Å². The Morgan fingerprint density at radius 2 is 1.83 bits per heavy atom. The minimum atomic E-state index is -0.603. The van der Waals surface area contributed by atoms with Gasteiger partial charge in [0, 0.05) is 19.0 Å². The molecule has 0 saturated carbocycles. The fourth-order valence-corrected chi connectivity index (χ4v) is 3.71. The molecule has 0 spiro atoms. The zero-order chi connectivity index (χ0) is 21.2. The molecule has 1 N–H and O–H groups in total. The third-order valence-corrected chi connectivity index (χ3v) is 5.23. The lowest BCUT2D eigenvalue weighted by Gasteiger charge is -2.20. The van der Waals surface area contributed by atoms with Crippen LogP contribution in [0, 0.1) is 6.92 Å². The third-order valence-electron chi connectivity index (χ3n) is 5.23. The average molecular weight is 395 g/mol. The lowest BCUT2D eigenvalue weighted by molar-refractivity contribution is -0.126. The van der Waals surface area contributed by atoms with Gasteiger partial charge in [0.15, 0.2) is 0 Å². The van der Waals surface area contributed by atoms with Crippen molar-refractivity contribution in [1.29, 1.82) is 0 Å². The van der Waals surface area contributed by atoms with Crippen molar-refractivity contribution in [2.45, 2.75) is 52.5 Å². The summed E-state index contributed by atoms with van der Waals surface area (Å²) in [5.74, 6) is 0.539. The summed E-state index contributed by atoms with van der Waals surface area (Å²) in [6.07, 6.45) is 0.702. The molecule has 5 nitrogen and oxygen atoms in total. The minimum absolute atomic E-state index is 0.0842. The molecule has 2 amide bonds. The lowest BCUT2D eigenvalue weighted by atomic mass is 9.87. The topological polar surface area (TPSA) is 58.6 Å². The van der Waals surface area contributed by atoms with Gasteiger partial charge < -0.3 is 15.0 Å². The second-order valence-electron chi connectivity index (χ2n) is 8.61. The summed E-state index contributed by atoms with van der Waals surface area (Å²) in [7, 11) is 0. The Balaban J connectivity index is 1.62. The van der Waals surface area contributed by atoms with E-state index < -0.39 is 6.04 Å². The van der Waals surface area contributed by atoms with E-state index in [1.165, 1.54) is 12.5 Å². The molecule has 0 aromatic heterocycles. The first-order valence-electron chi connectivity index (χ1n) is 10.1. The molecule has 0 fully saturated rings. The maximum atomic E-state index is 12.9.